The van der Waals surface area contributed by atoms with Gasteiger partial charge in [-0.05, 0) is 74.2 Å². The Balaban J connectivity index is 2.00. The molecule has 35 heavy (non-hydrogen) atoms. The number of aliphatic hydroxyl groups excluding tert-OH is 1. The second-order valence-electron chi connectivity index (χ2n) is 12.1. The molecular weight excluding hydrogens is 474 g/mol. The lowest BCUT2D eigenvalue weighted by molar-refractivity contribution is -0.154. The first kappa shape index (κ1) is 28.2. The van der Waals surface area contributed by atoms with E-state index >= 15 is 0 Å². The molecule has 0 unspecified atom stereocenters. The molecule has 0 aromatic carbocycles. The van der Waals surface area contributed by atoms with Crippen LogP contribution in [0.1, 0.15) is 48.5 Å². The molecule has 0 aliphatic carbocycles. The minimum atomic E-state index is -2.19. The zero-order valence-electron chi connectivity index (χ0n) is 22.5. The zero-order chi connectivity index (χ0) is 26.6. The second-order valence-corrected chi connectivity index (χ2v) is 16.6. The van der Waals surface area contributed by atoms with Crippen molar-refractivity contribution in [3.05, 3.63) is 11.6 Å². The van der Waals surface area contributed by atoms with Gasteiger partial charge >= 0.3 is 6.09 Å². The summed E-state index contributed by atoms with van der Waals surface area (Å²) in [5.41, 5.74) is -0.797. The van der Waals surface area contributed by atoms with Crippen LogP contribution in [0, 0.1) is 0 Å². The summed E-state index contributed by atoms with van der Waals surface area (Å²) in [6.07, 6.45) is -2.58. The SMILES string of the molecule is CC(C)(C)OC(=O)N1C(=O)C([C@@H](O)[C@@H]2COC(C)(C)O2)=C[C@@H]1[C@H](O[Si](C)(C)C)[C@H]1COC(C)(C)O1. The zero-order valence-corrected chi connectivity index (χ0v) is 23.5. The Labute approximate surface area is 208 Å². The standard InChI is InChI=1S/C24H41NO9Si/c1-22(2,3)33-21(28)25-15(19(34-35(8,9)10)17-13-30-24(6,7)32-17)11-14(20(25)27)18(26)16-12-29-23(4,5)31-16/h11,15-19,26H,12-13H2,1-10H3/t15-,16+,17-,18-,19+/m1/s1. The molecule has 200 valence electrons. The van der Waals surface area contributed by atoms with E-state index in [0.717, 1.165) is 4.90 Å². The minimum absolute atomic E-state index is 0.0366. The van der Waals surface area contributed by atoms with E-state index in [2.05, 4.69) is 0 Å². The molecule has 2 amide bonds. The summed E-state index contributed by atoms with van der Waals surface area (Å²) in [6.45, 7) is 18.6. The van der Waals surface area contributed by atoms with Crippen molar-refractivity contribution in [1.29, 1.82) is 0 Å². The highest BCUT2D eigenvalue weighted by molar-refractivity contribution is 6.69. The third kappa shape index (κ3) is 6.91. The first-order chi connectivity index (χ1) is 15.8. The molecule has 3 heterocycles. The molecule has 10 nitrogen and oxygen atoms in total. The lowest BCUT2D eigenvalue weighted by atomic mass is 10.0. The molecule has 3 rings (SSSR count). The molecule has 0 saturated carbocycles. The fourth-order valence-corrected chi connectivity index (χ4v) is 5.42. The van der Waals surface area contributed by atoms with Crippen LogP contribution in [0.15, 0.2) is 11.6 Å². The summed E-state index contributed by atoms with van der Waals surface area (Å²) in [6, 6.07) is -0.869. The van der Waals surface area contributed by atoms with Gasteiger partial charge in [0.1, 0.15) is 23.9 Å². The lowest BCUT2D eigenvalue weighted by Gasteiger charge is -2.37. The van der Waals surface area contributed by atoms with Gasteiger partial charge in [0.2, 0.25) is 0 Å². The quantitative estimate of drug-likeness (QED) is 0.533. The lowest BCUT2D eigenvalue weighted by Crippen LogP contribution is -2.55. The first-order valence-electron chi connectivity index (χ1n) is 12.1. The fraction of sp³-hybridized carbons (Fsp3) is 0.833. The first-order valence-corrected chi connectivity index (χ1v) is 15.5. The van der Waals surface area contributed by atoms with E-state index in [4.69, 9.17) is 28.1 Å². The molecular formula is C24H41NO9Si. The van der Waals surface area contributed by atoms with E-state index in [1.54, 1.807) is 54.5 Å². The number of amides is 2. The van der Waals surface area contributed by atoms with Gasteiger partial charge < -0.3 is 33.2 Å². The van der Waals surface area contributed by atoms with Crippen LogP contribution in [-0.4, -0.2) is 91.2 Å². The maximum atomic E-state index is 13.6. The van der Waals surface area contributed by atoms with Gasteiger partial charge in [0, 0.05) is 5.57 Å². The van der Waals surface area contributed by atoms with Crippen molar-refractivity contribution in [3.8, 4) is 0 Å². The maximum absolute atomic E-state index is 13.6. The molecule has 0 radical (unpaired) electrons. The summed E-state index contributed by atoms with van der Waals surface area (Å²) in [4.78, 5) is 27.9. The van der Waals surface area contributed by atoms with E-state index in [0.29, 0.717) is 0 Å². The number of carbonyl (C=O) groups is 2. The second kappa shape index (κ2) is 9.51. The molecule has 0 bridgehead atoms. The van der Waals surface area contributed by atoms with E-state index < -0.39 is 68.0 Å². The molecule has 5 atom stereocenters. The van der Waals surface area contributed by atoms with Gasteiger partial charge in [-0.2, -0.15) is 0 Å². The average molecular weight is 516 g/mol. The van der Waals surface area contributed by atoms with Gasteiger partial charge in [-0.15, -0.1) is 0 Å². The third-order valence-corrected chi connectivity index (χ3v) is 6.61. The van der Waals surface area contributed by atoms with Crippen LogP contribution < -0.4 is 0 Å². The Kier molecular flexibility index (Phi) is 7.67. The Morgan fingerprint density at radius 1 is 1.09 bits per heavy atom. The third-order valence-electron chi connectivity index (χ3n) is 5.63. The van der Waals surface area contributed by atoms with Crippen LogP contribution in [0.4, 0.5) is 4.79 Å². The molecule has 0 aromatic rings. The van der Waals surface area contributed by atoms with Crippen molar-refractivity contribution in [2.75, 3.05) is 13.2 Å². The highest BCUT2D eigenvalue weighted by Crippen LogP contribution is 2.36. The Bertz CT molecular complexity index is 858. The van der Waals surface area contributed by atoms with E-state index in [1.165, 1.54) is 0 Å². The van der Waals surface area contributed by atoms with Crippen molar-refractivity contribution in [2.45, 2.75) is 116 Å². The van der Waals surface area contributed by atoms with Gasteiger partial charge in [0.15, 0.2) is 19.9 Å². The normalized spacial score (nSPS) is 30.4. The number of nitrogens with zero attached hydrogens (tertiary/aromatic N) is 1. The highest BCUT2D eigenvalue weighted by Gasteiger charge is 2.52. The Hall–Kier alpha value is -1.34. The van der Waals surface area contributed by atoms with Gasteiger partial charge in [-0.25, -0.2) is 9.69 Å². The topological polar surface area (TPSA) is 113 Å². The van der Waals surface area contributed by atoms with Crippen molar-refractivity contribution in [3.63, 3.8) is 0 Å². The maximum Gasteiger partial charge on any atom is 0.417 e. The predicted molar refractivity (Wildman–Crippen MR) is 129 cm³/mol. The Morgan fingerprint density at radius 3 is 2.03 bits per heavy atom. The largest absolute Gasteiger partial charge is 0.443 e. The highest BCUT2D eigenvalue weighted by atomic mass is 28.4. The monoisotopic (exact) mass is 515 g/mol. The molecule has 11 heteroatoms. The number of aliphatic hydroxyl groups is 1. The summed E-state index contributed by atoms with van der Waals surface area (Å²) < 4.78 is 35.3. The average Bonchev–Trinajstić information content (AvgIpc) is 3.31. The summed E-state index contributed by atoms with van der Waals surface area (Å²) in [5.74, 6) is -2.38. The van der Waals surface area contributed by atoms with Gasteiger partial charge in [-0.3, -0.25) is 4.79 Å². The van der Waals surface area contributed by atoms with Crippen molar-refractivity contribution in [2.24, 2.45) is 0 Å². The number of ether oxygens (including phenoxy) is 5. The summed E-state index contributed by atoms with van der Waals surface area (Å²) >= 11 is 0. The number of imide groups is 1. The van der Waals surface area contributed by atoms with Gasteiger partial charge in [0.05, 0.1) is 25.4 Å². The molecule has 2 saturated heterocycles. The molecule has 3 aliphatic heterocycles. The van der Waals surface area contributed by atoms with E-state index in [9.17, 15) is 14.7 Å². The molecule has 1 N–H and O–H groups in total. The molecule has 0 aromatic heterocycles. The molecule has 2 fully saturated rings. The molecule has 0 spiro atoms. The number of rotatable bonds is 6. The summed E-state index contributed by atoms with van der Waals surface area (Å²) in [7, 11) is -2.19. The van der Waals surface area contributed by atoms with E-state index in [1.807, 2.05) is 19.6 Å². The van der Waals surface area contributed by atoms with Gasteiger partial charge in [-0.1, -0.05) is 0 Å². The van der Waals surface area contributed by atoms with Crippen molar-refractivity contribution >= 4 is 20.3 Å². The van der Waals surface area contributed by atoms with Crippen LogP contribution in [-0.2, 0) is 32.9 Å². The van der Waals surface area contributed by atoms with Crippen LogP contribution in [0.25, 0.3) is 0 Å². The van der Waals surface area contributed by atoms with Gasteiger partial charge in [0.25, 0.3) is 5.91 Å². The number of hydrogen-bond donors (Lipinski definition) is 1. The fourth-order valence-electron chi connectivity index (χ4n) is 4.31. The minimum Gasteiger partial charge on any atom is -0.443 e. The van der Waals surface area contributed by atoms with Crippen LogP contribution in [0.3, 0.4) is 0 Å². The Morgan fingerprint density at radius 2 is 1.60 bits per heavy atom. The van der Waals surface area contributed by atoms with Crippen LogP contribution >= 0.6 is 0 Å². The smallest absolute Gasteiger partial charge is 0.417 e. The van der Waals surface area contributed by atoms with E-state index in [-0.39, 0.29) is 18.8 Å². The van der Waals surface area contributed by atoms with Crippen molar-refractivity contribution in [1.82, 2.24) is 4.90 Å². The molecule has 3 aliphatic rings. The van der Waals surface area contributed by atoms with Crippen LogP contribution in [0.2, 0.25) is 19.6 Å². The van der Waals surface area contributed by atoms with Crippen LogP contribution in [0.5, 0.6) is 0 Å². The summed E-state index contributed by atoms with van der Waals surface area (Å²) in [5, 5.41) is 11.1. The predicted octanol–water partition coefficient (Wildman–Crippen LogP) is 2.94. The number of carbonyl (C=O) groups excluding carboxylic acids is 2. The van der Waals surface area contributed by atoms with Crippen molar-refractivity contribution < 1.29 is 42.8 Å². The number of hydrogen-bond acceptors (Lipinski definition) is 9.